The van der Waals surface area contributed by atoms with Crippen molar-refractivity contribution in [2.24, 2.45) is 5.10 Å². The van der Waals surface area contributed by atoms with Crippen molar-refractivity contribution in [1.82, 2.24) is 15.3 Å². The molecule has 0 aliphatic heterocycles. The van der Waals surface area contributed by atoms with Crippen LogP contribution in [0.2, 0.25) is 0 Å². The number of hydrogen-bond donors (Lipinski definition) is 2. The van der Waals surface area contributed by atoms with Crippen molar-refractivity contribution in [3.8, 4) is 5.69 Å². The van der Waals surface area contributed by atoms with E-state index in [0.717, 1.165) is 0 Å². The van der Waals surface area contributed by atoms with E-state index in [1.165, 1.54) is 42.6 Å². The van der Waals surface area contributed by atoms with Gasteiger partial charge in [0.2, 0.25) is 0 Å². The number of nitrogens with zero attached hydrogens (tertiary/aromatic N) is 4. The van der Waals surface area contributed by atoms with Gasteiger partial charge in [-0.3, -0.25) is 29.8 Å². The van der Waals surface area contributed by atoms with Crippen LogP contribution in [0.5, 0.6) is 0 Å². The van der Waals surface area contributed by atoms with Crippen molar-refractivity contribution in [1.29, 1.82) is 0 Å². The van der Waals surface area contributed by atoms with E-state index < -0.39 is 27.7 Å². The Morgan fingerprint density at radius 2 is 1.46 bits per heavy atom. The quantitative estimate of drug-likeness (QED) is 0.181. The number of nitro groups is 2. The normalized spacial score (nSPS) is 11.6. The number of amides is 2. The van der Waals surface area contributed by atoms with Crippen LogP contribution in [-0.2, 0) is 11.2 Å². The van der Waals surface area contributed by atoms with Crippen LogP contribution in [0.1, 0.15) is 21.6 Å². The van der Waals surface area contributed by atoms with Crippen molar-refractivity contribution in [2.75, 3.05) is 0 Å². The SMILES string of the molecule is O=C(NC(Cc1ccc([N+](=O)[O-])cc1)C(=O)NN=Cc1cccn1-c1ccc([N+](=O)[O-])cc1)c1ccccc1. The maximum atomic E-state index is 13.1. The third kappa shape index (κ3) is 6.77. The van der Waals surface area contributed by atoms with Gasteiger partial charge in [0, 0.05) is 48.1 Å². The summed E-state index contributed by atoms with van der Waals surface area (Å²) in [6, 6.07) is 22.5. The van der Waals surface area contributed by atoms with Crippen LogP contribution in [0.4, 0.5) is 11.4 Å². The molecule has 12 heteroatoms. The first-order valence-corrected chi connectivity index (χ1v) is 11.7. The zero-order valence-electron chi connectivity index (χ0n) is 20.3. The Morgan fingerprint density at radius 3 is 2.08 bits per heavy atom. The molecule has 0 spiro atoms. The zero-order chi connectivity index (χ0) is 27.8. The molecule has 1 unspecified atom stereocenters. The molecule has 0 radical (unpaired) electrons. The molecule has 4 rings (SSSR count). The summed E-state index contributed by atoms with van der Waals surface area (Å²) in [5, 5.41) is 28.6. The van der Waals surface area contributed by atoms with E-state index in [1.807, 2.05) is 0 Å². The first kappa shape index (κ1) is 26.4. The molecule has 0 fully saturated rings. The molecular formula is C27H22N6O6. The maximum absolute atomic E-state index is 13.1. The van der Waals surface area contributed by atoms with Crippen LogP contribution < -0.4 is 10.7 Å². The molecule has 2 N–H and O–H groups in total. The molecule has 0 saturated carbocycles. The number of nitro benzene ring substituents is 2. The van der Waals surface area contributed by atoms with Gasteiger partial charge < -0.3 is 9.88 Å². The summed E-state index contributed by atoms with van der Waals surface area (Å²) in [5.74, 6) is -1.06. The molecule has 3 aromatic carbocycles. The van der Waals surface area contributed by atoms with E-state index in [-0.39, 0.29) is 17.8 Å². The predicted octanol–water partition coefficient (Wildman–Crippen LogP) is 3.79. The molecule has 1 heterocycles. The van der Waals surface area contributed by atoms with Crippen LogP contribution in [-0.4, -0.2) is 38.5 Å². The maximum Gasteiger partial charge on any atom is 0.269 e. The minimum absolute atomic E-state index is 0.0370. The van der Waals surface area contributed by atoms with E-state index >= 15 is 0 Å². The fourth-order valence-electron chi connectivity index (χ4n) is 3.74. The highest BCUT2D eigenvalue weighted by Gasteiger charge is 2.22. The van der Waals surface area contributed by atoms with E-state index in [9.17, 15) is 29.8 Å². The van der Waals surface area contributed by atoms with Crippen molar-refractivity contribution < 1.29 is 19.4 Å². The smallest absolute Gasteiger partial charge is 0.269 e. The van der Waals surface area contributed by atoms with Crippen molar-refractivity contribution in [3.05, 3.63) is 134 Å². The molecule has 196 valence electrons. The topological polar surface area (TPSA) is 162 Å². The average Bonchev–Trinajstić information content (AvgIpc) is 3.42. The van der Waals surface area contributed by atoms with Gasteiger partial charge in [-0.2, -0.15) is 5.10 Å². The lowest BCUT2D eigenvalue weighted by Crippen LogP contribution is -2.46. The lowest BCUT2D eigenvalue weighted by atomic mass is 10.0. The number of carbonyl (C=O) groups is 2. The minimum atomic E-state index is -1.03. The van der Waals surface area contributed by atoms with Gasteiger partial charge in [0.25, 0.3) is 23.2 Å². The Hall–Kier alpha value is -5.65. The second kappa shape index (κ2) is 12.1. The molecule has 4 aromatic rings. The molecule has 2 amide bonds. The molecule has 1 aromatic heterocycles. The number of nitrogens with one attached hydrogen (secondary N) is 2. The van der Waals surface area contributed by atoms with Gasteiger partial charge in [0.05, 0.1) is 21.8 Å². The van der Waals surface area contributed by atoms with E-state index in [1.54, 1.807) is 65.4 Å². The Morgan fingerprint density at radius 1 is 0.846 bits per heavy atom. The largest absolute Gasteiger partial charge is 0.340 e. The second-order valence-electron chi connectivity index (χ2n) is 8.33. The van der Waals surface area contributed by atoms with Crippen molar-refractivity contribution in [2.45, 2.75) is 12.5 Å². The Balaban J connectivity index is 1.49. The molecular weight excluding hydrogens is 504 g/mol. The third-order valence-electron chi connectivity index (χ3n) is 5.74. The predicted molar refractivity (Wildman–Crippen MR) is 143 cm³/mol. The summed E-state index contributed by atoms with van der Waals surface area (Å²) in [6.07, 6.45) is 3.21. The summed E-state index contributed by atoms with van der Waals surface area (Å²) in [4.78, 5) is 46.7. The van der Waals surface area contributed by atoms with Crippen LogP contribution >= 0.6 is 0 Å². The van der Waals surface area contributed by atoms with Gasteiger partial charge in [-0.25, -0.2) is 5.43 Å². The average molecular weight is 527 g/mol. The molecule has 0 bridgehead atoms. The molecule has 39 heavy (non-hydrogen) atoms. The van der Waals surface area contributed by atoms with Gasteiger partial charge in [0.1, 0.15) is 6.04 Å². The van der Waals surface area contributed by atoms with Crippen LogP contribution in [0.15, 0.2) is 102 Å². The van der Waals surface area contributed by atoms with Gasteiger partial charge in [-0.15, -0.1) is 0 Å². The second-order valence-corrected chi connectivity index (χ2v) is 8.33. The highest BCUT2D eigenvalue weighted by molar-refractivity contribution is 5.97. The number of benzene rings is 3. The van der Waals surface area contributed by atoms with Gasteiger partial charge in [-0.1, -0.05) is 30.3 Å². The number of aromatic nitrogens is 1. The Bertz CT molecular complexity index is 1510. The number of rotatable bonds is 10. The number of non-ortho nitro benzene ring substituents is 2. The number of carbonyl (C=O) groups excluding carboxylic acids is 2. The number of hydrazone groups is 1. The Kier molecular flexibility index (Phi) is 8.17. The third-order valence-corrected chi connectivity index (χ3v) is 5.74. The molecule has 0 saturated heterocycles. The summed E-state index contributed by atoms with van der Waals surface area (Å²) < 4.78 is 1.73. The first-order valence-electron chi connectivity index (χ1n) is 11.7. The van der Waals surface area contributed by atoms with Gasteiger partial charge in [-0.05, 0) is 42.0 Å². The van der Waals surface area contributed by atoms with Crippen molar-refractivity contribution in [3.63, 3.8) is 0 Å². The van der Waals surface area contributed by atoms with E-state index in [4.69, 9.17) is 0 Å². The van der Waals surface area contributed by atoms with Crippen molar-refractivity contribution >= 4 is 29.4 Å². The standard InChI is InChI=1S/C27H22N6O6/c34-26(20-5-2-1-3-6-20)29-25(17-19-8-10-22(11-9-19)32(36)37)27(35)30-28-18-24-7-4-16-31(24)21-12-14-23(15-13-21)33(38)39/h1-16,18,25H,17H2,(H,29,34)(H,30,35). The summed E-state index contributed by atoms with van der Waals surface area (Å²) in [7, 11) is 0. The molecule has 1 atom stereocenters. The summed E-state index contributed by atoms with van der Waals surface area (Å²) in [6.45, 7) is 0. The fraction of sp³-hybridized carbons (Fsp3) is 0.0741. The summed E-state index contributed by atoms with van der Waals surface area (Å²) >= 11 is 0. The minimum Gasteiger partial charge on any atom is -0.340 e. The highest BCUT2D eigenvalue weighted by Crippen LogP contribution is 2.17. The lowest BCUT2D eigenvalue weighted by molar-refractivity contribution is -0.385. The van der Waals surface area contributed by atoms with Gasteiger partial charge >= 0.3 is 0 Å². The number of hydrogen-bond acceptors (Lipinski definition) is 7. The summed E-state index contributed by atoms with van der Waals surface area (Å²) in [5.41, 5.74) is 4.52. The Labute approximate surface area is 221 Å². The fourth-order valence-corrected chi connectivity index (χ4v) is 3.74. The molecule has 0 aliphatic carbocycles. The lowest BCUT2D eigenvalue weighted by Gasteiger charge is -2.17. The molecule has 0 aliphatic rings. The highest BCUT2D eigenvalue weighted by atomic mass is 16.6. The van der Waals surface area contributed by atoms with Crippen LogP contribution in [0.25, 0.3) is 5.69 Å². The van der Waals surface area contributed by atoms with E-state index in [2.05, 4.69) is 15.8 Å². The van der Waals surface area contributed by atoms with Crippen LogP contribution in [0, 0.1) is 20.2 Å². The van der Waals surface area contributed by atoms with Crippen LogP contribution in [0.3, 0.4) is 0 Å². The monoisotopic (exact) mass is 526 g/mol. The first-order chi connectivity index (χ1) is 18.8. The molecule has 12 nitrogen and oxygen atoms in total. The van der Waals surface area contributed by atoms with Gasteiger partial charge in [0.15, 0.2) is 0 Å². The zero-order valence-corrected chi connectivity index (χ0v) is 20.3. The van der Waals surface area contributed by atoms with E-state index in [0.29, 0.717) is 22.5 Å².